The molecule has 2 atom stereocenters. The number of ketones is 1. The molecule has 2 aromatic rings. The quantitative estimate of drug-likeness (QED) is 0.326. The minimum atomic E-state index is -1.29. The third kappa shape index (κ3) is 7.57. The Bertz CT molecular complexity index is 1280. The van der Waals surface area contributed by atoms with Crippen LogP contribution in [0.5, 0.6) is 0 Å². The molecule has 1 aliphatic heterocycles. The number of esters is 1. The zero-order valence-electron chi connectivity index (χ0n) is 21.4. The Labute approximate surface area is 224 Å². The third-order valence-electron chi connectivity index (χ3n) is 5.75. The van der Waals surface area contributed by atoms with Gasteiger partial charge in [0.1, 0.15) is 24.7 Å². The number of hydrogen-bond donors (Lipinski definition) is 2. The molecule has 0 saturated heterocycles. The second kappa shape index (κ2) is 13.1. The second-order valence-corrected chi connectivity index (χ2v) is 8.81. The molecular weight excluding hydrogens is 508 g/mol. The van der Waals surface area contributed by atoms with Crippen molar-refractivity contribution in [2.24, 2.45) is 0 Å². The molecule has 0 fully saturated rings. The molecule has 0 spiro atoms. The molecule has 39 heavy (non-hydrogen) atoms. The highest BCUT2D eigenvalue weighted by atomic mass is 16.5. The van der Waals surface area contributed by atoms with E-state index < -0.39 is 54.8 Å². The van der Waals surface area contributed by atoms with Gasteiger partial charge < -0.3 is 25.1 Å². The Morgan fingerprint density at radius 2 is 1.64 bits per heavy atom. The van der Waals surface area contributed by atoms with E-state index in [2.05, 4.69) is 10.6 Å². The van der Waals surface area contributed by atoms with Crippen LogP contribution in [-0.2, 0) is 33.5 Å². The number of nitrogens with one attached hydrogen (secondary N) is 2. The van der Waals surface area contributed by atoms with Gasteiger partial charge in [-0.15, -0.1) is 0 Å². The van der Waals surface area contributed by atoms with Crippen molar-refractivity contribution >= 4 is 53.0 Å². The molecule has 3 rings (SSSR count). The average Bonchev–Trinajstić information content (AvgIpc) is 3.02. The first kappa shape index (κ1) is 28.7. The maximum Gasteiger partial charge on any atom is 0.303 e. The Hall–Kier alpha value is -4.87. The van der Waals surface area contributed by atoms with Gasteiger partial charge in [0.15, 0.2) is 6.61 Å². The van der Waals surface area contributed by atoms with Crippen molar-refractivity contribution in [1.29, 1.82) is 0 Å². The summed E-state index contributed by atoms with van der Waals surface area (Å²) in [5, 5.41) is 5.04. The summed E-state index contributed by atoms with van der Waals surface area (Å²) in [5.74, 6) is -3.65. The molecule has 1 heterocycles. The number of benzene rings is 2. The van der Waals surface area contributed by atoms with E-state index in [9.17, 15) is 33.6 Å². The van der Waals surface area contributed by atoms with Crippen LogP contribution >= 0.6 is 0 Å². The SMILES string of the molecule is CC(=O)C[C@@H](C=O)NC(=O)CN1C(=O)[C@@H](NC(=O)c2ccccc2)CN(C(=O)COC(C)=O)c2ccccc21. The van der Waals surface area contributed by atoms with E-state index in [1.807, 2.05) is 0 Å². The van der Waals surface area contributed by atoms with Gasteiger partial charge in [-0.3, -0.25) is 33.7 Å². The fourth-order valence-electron chi connectivity index (χ4n) is 4.00. The zero-order valence-corrected chi connectivity index (χ0v) is 21.4. The van der Waals surface area contributed by atoms with Crippen molar-refractivity contribution in [1.82, 2.24) is 10.6 Å². The maximum absolute atomic E-state index is 13.8. The van der Waals surface area contributed by atoms with Crippen molar-refractivity contribution in [3.63, 3.8) is 0 Å². The van der Waals surface area contributed by atoms with E-state index >= 15 is 0 Å². The van der Waals surface area contributed by atoms with E-state index in [0.29, 0.717) is 6.29 Å². The normalized spacial score (nSPS) is 15.3. The number of nitrogens with zero attached hydrogens (tertiary/aromatic N) is 2. The van der Waals surface area contributed by atoms with E-state index in [4.69, 9.17) is 4.74 Å². The van der Waals surface area contributed by atoms with Crippen molar-refractivity contribution in [3.05, 3.63) is 60.2 Å². The van der Waals surface area contributed by atoms with Crippen LogP contribution in [-0.4, -0.2) is 73.4 Å². The van der Waals surface area contributed by atoms with Crippen LogP contribution in [0.15, 0.2) is 54.6 Å². The van der Waals surface area contributed by atoms with Gasteiger partial charge >= 0.3 is 5.97 Å². The van der Waals surface area contributed by atoms with Crippen LogP contribution in [0.3, 0.4) is 0 Å². The van der Waals surface area contributed by atoms with Crippen LogP contribution in [0.4, 0.5) is 11.4 Å². The predicted molar refractivity (Wildman–Crippen MR) is 139 cm³/mol. The summed E-state index contributed by atoms with van der Waals surface area (Å²) in [6.45, 7) is 0.938. The molecule has 12 heteroatoms. The van der Waals surface area contributed by atoms with Crippen LogP contribution in [0.25, 0.3) is 0 Å². The first-order chi connectivity index (χ1) is 18.6. The second-order valence-electron chi connectivity index (χ2n) is 8.81. The molecule has 1 aliphatic rings. The topological polar surface area (TPSA) is 159 Å². The largest absolute Gasteiger partial charge is 0.456 e. The first-order valence-electron chi connectivity index (χ1n) is 12.0. The standard InChI is InChI=1S/C27H28N4O8/c1-17(33)12-20(15-32)28-24(35)14-31-23-11-7-6-10-22(23)30(25(36)16-39-18(2)34)13-21(27(31)38)29-26(37)19-8-4-3-5-9-19/h3-11,15,20-21H,12-14,16H2,1-2H3,(H,28,35)(H,29,37)/t20-,21-/m0/s1. The highest BCUT2D eigenvalue weighted by Gasteiger charge is 2.38. The number of Topliss-reactive ketones (excluding diaryl/α,β-unsaturated/α-hetero) is 1. The van der Waals surface area contributed by atoms with Gasteiger partial charge in [0, 0.05) is 18.9 Å². The van der Waals surface area contributed by atoms with Crippen LogP contribution in [0.1, 0.15) is 30.6 Å². The monoisotopic (exact) mass is 536 g/mol. The van der Waals surface area contributed by atoms with Crippen molar-refractivity contribution in [3.8, 4) is 0 Å². The Balaban J connectivity index is 1.98. The van der Waals surface area contributed by atoms with Crippen molar-refractivity contribution in [2.75, 3.05) is 29.5 Å². The summed E-state index contributed by atoms with van der Waals surface area (Å²) in [5.41, 5.74) is 0.689. The van der Waals surface area contributed by atoms with Gasteiger partial charge in [-0.05, 0) is 31.2 Å². The van der Waals surface area contributed by atoms with Gasteiger partial charge in [0.2, 0.25) is 5.91 Å². The Morgan fingerprint density at radius 3 is 2.26 bits per heavy atom. The number of rotatable bonds is 10. The number of carbonyl (C=O) groups is 7. The molecule has 0 aliphatic carbocycles. The summed E-state index contributed by atoms with van der Waals surface area (Å²) < 4.78 is 4.86. The van der Waals surface area contributed by atoms with Crippen molar-refractivity contribution in [2.45, 2.75) is 32.4 Å². The lowest BCUT2D eigenvalue weighted by Gasteiger charge is -2.25. The highest BCUT2D eigenvalue weighted by Crippen LogP contribution is 2.33. The molecule has 0 radical (unpaired) electrons. The van der Waals surface area contributed by atoms with E-state index in [0.717, 1.165) is 11.8 Å². The number of amides is 4. The third-order valence-corrected chi connectivity index (χ3v) is 5.75. The minimum Gasteiger partial charge on any atom is -0.456 e. The minimum absolute atomic E-state index is 0.180. The Morgan fingerprint density at radius 1 is 1.00 bits per heavy atom. The summed E-state index contributed by atoms with van der Waals surface area (Å²) >= 11 is 0. The number of anilines is 2. The highest BCUT2D eigenvalue weighted by molar-refractivity contribution is 6.11. The van der Waals surface area contributed by atoms with Crippen LogP contribution in [0, 0.1) is 0 Å². The number of para-hydroxylation sites is 2. The summed E-state index contributed by atoms with van der Waals surface area (Å²) in [6, 6.07) is 12.0. The molecule has 2 aromatic carbocycles. The number of ether oxygens (including phenoxy) is 1. The maximum atomic E-state index is 13.8. The average molecular weight is 537 g/mol. The molecule has 0 bridgehead atoms. The van der Waals surface area contributed by atoms with Crippen LogP contribution < -0.4 is 20.4 Å². The van der Waals surface area contributed by atoms with Crippen LogP contribution in [0.2, 0.25) is 0 Å². The lowest BCUT2D eigenvalue weighted by Crippen LogP contribution is -2.55. The van der Waals surface area contributed by atoms with Gasteiger partial charge in [0.25, 0.3) is 17.7 Å². The molecule has 204 valence electrons. The summed E-state index contributed by atoms with van der Waals surface area (Å²) in [7, 11) is 0. The number of hydrogen-bond acceptors (Lipinski definition) is 8. The van der Waals surface area contributed by atoms with E-state index in [-0.39, 0.29) is 35.7 Å². The summed E-state index contributed by atoms with van der Waals surface area (Å²) in [4.78, 5) is 89.1. The van der Waals surface area contributed by atoms with Gasteiger partial charge in [-0.2, -0.15) is 0 Å². The molecule has 0 unspecified atom stereocenters. The zero-order chi connectivity index (χ0) is 28.5. The van der Waals surface area contributed by atoms with E-state index in [1.165, 1.54) is 17.9 Å². The Kier molecular flexibility index (Phi) is 9.63. The molecule has 0 aromatic heterocycles. The van der Waals surface area contributed by atoms with E-state index in [1.54, 1.807) is 48.5 Å². The number of carbonyl (C=O) groups excluding carboxylic acids is 7. The lowest BCUT2D eigenvalue weighted by atomic mass is 10.1. The molecule has 4 amide bonds. The number of aldehydes is 1. The first-order valence-corrected chi connectivity index (χ1v) is 12.0. The van der Waals surface area contributed by atoms with Gasteiger partial charge in [-0.25, -0.2) is 0 Å². The molecule has 12 nitrogen and oxygen atoms in total. The fraction of sp³-hybridized carbons (Fsp3) is 0.296. The molecular formula is C27H28N4O8. The van der Waals surface area contributed by atoms with Gasteiger partial charge in [-0.1, -0.05) is 30.3 Å². The predicted octanol–water partition coefficient (Wildman–Crippen LogP) is 0.391. The van der Waals surface area contributed by atoms with Crippen molar-refractivity contribution < 1.29 is 38.3 Å². The number of fused-ring (bicyclic) bond motifs is 1. The summed E-state index contributed by atoms with van der Waals surface area (Å²) in [6.07, 6.45) is 0.212. The molecule has 2 N–H and O–H groups in total. The molecule has 0 saturated carbocycles. The smallest absolute Gasteiger partial charge is 0.303 e. The fourth-order valence-corrected chi connectivity index (χ4v) is 4.00. The van der Waals surface area contributed by atoms with Gasteiger partial charge in [0.05, 0.1) is 24.0 Å². The lowest BCUT2D eigenvalue weighted by molar-refractivity contribution is -0.145.